The average Bonchev–Trinajstić information content (AvgIpc) is 3.33. The van der Waals surface area contributed by atoms with Gasteiger partial charge in [-0.15, -0.1) is 0 Å². The van der Waals surface area contributed by atoms with Crippen LogP contribution in [0.5, 0.6) is 5.75 Å². The van der Waals surface area contributed by atoms with Crippen molar-refractivity contribution in [2.45, 2.75) is 17.7 Å². The maximum Gasteiger partial charge on any atom is 0.226 e. The number of aromatic nitrogens is 2. The Hall–Kier alpha value is -4.13. The number of halogens is 2. The van der Waals surface area contributed by atoms with Gasteiger partial charge in [-0.05, 0) is 42.8 Å². The first-order valence-electron chi connectivity index (χ1n) is 11.3. The van der Waals surface area contributed by atoms with Crippen molar-refractivity contribution in [2.24, 2.45) is 0 Å². The maximum atomic E-state index is 13.9. The van der Waals surface area contributed by atoms with E-state index < -0.39 is 5.82 Å². The summed E-state index contributed by atoms with van der Waals surface area (Å²) in [6.07, 6.45) is 0. The first-order valence-corrected chi connectivity index (χ1v) is 12.7. The highest BCUT2D eigenvalue weighted by Gasteiger charge is 2.22. The van der Waals surface area contributed by atoms with Crippen molar-refractivity contribution in [3.63, 3.8) is 0 Å². The second-order valence-electron chi connectivity index (χ2n) is 7.77. The quantitative estimate of drug-likeness (QED) is 0.256. The number of hydrogen-bond donors (Lipinski definition) is 3. The molecule has 0 aliphatic rings. The predicted octanol–water partition coefficient (Wildman–Crippen LogP) is 5.10. The summed E-state index contributed by atoms with van der Waals surface area (Å²) in [5, 5.41) is 35.3. The molecule has 0 saturated carbocycles. The van der Waals surface area contributed by atoms with Crippen molar-refractivity contribution in [1.29, 1.82) is 10.5 Å². The lowest BCUT2D eigenvalue weighted by Gasteiger charge is -2.13. The lowest BCUT2D eigenvalue weighted by Crippen LogP contribution is -2.03. The van der Waals surface area contributed by atoms with E-state index in [0.29, 0.717) is 44.7 Å². The van der Waals surface area contributed by atoms with Gasteiger partial charge in [-0.1, -0.05) is 35.5 Å². The number of benzene rings is 2. The molecular formula is C27H23ClFN5O4S. The highest BCUT2D eigenvalue weighted by molar-refractivity contribution is 7.98. The van der Waals surface area contributed by atoms with Crippen LogP contribution in [0.2, 0.25) is 5.02 Å². The largest absolute Gasteiger partial charge is 0.497 e. The van der Waals surface area contributed by atoms with Crippen LogP contribution in [0.15, 0.2) is 51.9 Å². The molecule has 0 radical (unpaired) electrons. The van der Waals surface area contributed by atoms with Gasteiger partial charge in [-0.2, -0.15) is 10.5 Å². The summed E-state index contributed by atoms with van der Waals surface area (Å²) in [7, 11) is 1.55. The first kappa shape index (κ1) is 29.4. The van der Waals surface area contributed by atoms with Gasteiger partial charge >= 0.3 is 0 Å². The number of anilines is 1. The van der Waals surface area contributed by atoms with Gasteiger partial charge in [0.25, 0.3) is 0 Å². The monoisotopic (exact) mass is 567 g/mol. The number of rotatable bonds is 7. The van der Waals surface area contributed by atoms with Gasteiger partial charge in [0.15, 0.2) is 0 Å². The van der Waals surface area contributed by atoms with E-state index >= 15 is 0 Å². The molecule has 0 bridgehead atoms. The van der Waals surface area contributed by atoms with E-state index in [0.717, 1.165) is 0 Å². The number of thioether (sulfide) groups is 1. The SMILES string of the molecule is COc1ccc(-c2c(C#N)c(N)nc(SCc3nc(-c4ccc(Cl)c(F)c4)oc3C)c2C#N)cc1.OCCO. The molecule has 0 aliphatic carbocycles. The Kier molecular flexibility index (Phi) is 10.3. The fraction of sp³-hybridized carbons (Fsp3) is 0.185. The predicted molar refractivity (Wildman–Crippen MR) is 145 cm³/mol. The topological polar surface area (TPSA) is 162 Å². The molecule has 9 nitrogen and oxygen atoms in total. The zero-order valence-corrected chi connectivity index (χ0v) is 22.5. The minimum atomic E-state index is -0.571. The van der Waals surface area contributed by atoms with Crippen molar-refractivity contribution in [3.05, 3.63) is 75.9 Å². The third kappa shape index (κ3) is 6.85. The normalized spacial score (nSPS) is 10.3. The molecule has 12 heteroatoms. The van der Waals surface area contributed by atoms with Crippen LogP contribution < -0.4 is 10.5 Å². The molecule has 0 spiro atoms. The first-order chi connectivity index (χ1) is 18.8. The molecular weight excluding hydrogens is 545 g/mol. The second kappa shape index (κ2) is 13.6. The van der Waals surface area contributed by atoms with Gasteiger partial charge in [0.2, 0.25) is 5.89 Å². The Morgan fingerprint density at radius 3 is 2.26 bits per heavy atom. The van der Waals surface area contributed by atoms with Gasteiger partial charge in [-0.3, -0.25) is 0 Å². The molecule has 0 unspecified atom stereocenters. The zero-order chi connectivity index (χ0) is 28.5. The highest BCUT2D eigenvalue weighted by atomic mass is 35.5. The van der Waals surface area contributed by atoms with Crippen molar-refractivity contribution in [3.8, 4) is 40.5 Å². The molecule has 2 aromatic carbocycles. The van der Waals surface area contributed by atoms with Crippen LogP contribution in [0, 0.1) is 35.4 Å². The van der Waals surface area contributed by atoms with E-state index in [1.807, 2.05) is 0 Å². The number of methoxy groups -OCH3 is 1. The van der Waals surface area contributed by atoms with E-state index in [2.05, 4.69) is 22.1 Å². The van der Waals surface area contributed by atoms with Crippen LogP contribution in [0.25, 0.3) is 22.6 Å². The maximum absolute atomic E-state index is 13.9. The molecule has 0 saturated heterocycles. The Balaban J connectivity index is 0.000000983. The van der Waals surface area contributed by atoms with Crippen LogP contribution in [0.4, 0.5) is 10.2 Å². The lowest BCUT2D eigenvalue weighted by atomic mass is 9.97. The van der Waals surface area contributed by atoms with E-state index in [4.69, 9.17) is 36.7 Å². The minimum absolute atomic E-state index is 0.00832. The van der Waals surface area contributed by atoms with E-state index in [1.54, 1.807) is 44.4 Å². The van der Waals surface area contributed by atoms with E-state index in [1.165, 1.54) is 23.9 Å². The molecule has 0 fully saturated rings. The summed E-state index contributed by atoms with van der Waals surface area (Å²) in [4.78, 5) is 8.79. The van der Waals surface area contributed by atoms with Gasteiger partial charge in [0.1, 0.15) is 45.9 Å². The summed E-state index contributed by atoms with van der Waals surface area (Å²) < 4.78 is 24.8. The Morgan fingerprint density at radius 2 is 1.69 bits per heavy atom. The van der Waals surface area contributed by atoms with Gasteiger partial charge in [0.05, 0.1) is 36.6 Å². The molecule has 200 valence electrons. The third-order valence-corrected chi connectivity index (χ3v) is 6.59. The van der Waals surface area contributed by atoms with Crippen LogP contribution in [0.1, 0.15) is 22.6 Å². The molecule has 4 aromatic rings. The standard InChI is InChI=1S/C25H17ClFN5O2S.C2H6O2/c1-13-21(31-24(34-13)15-5-8-19(26)20(27)9-15)12-35-25-18(11-29)22(17(10-28)23(30)32-25)14-3-6-16(33-2)7-4-14;3-1-2-4/h3-9H,12H2,1-2H3,(H2,30,32);3-4H,1-2H2. The molecule has 4 rings (SSSR count). The number of aliphatic hydroxyl groups is 2. The summed E-state index contributed by atoms with van der Waals surface area (Å²) >= 11 is 7.00. The van der Waals surface area contributed by atoms with Crippen LogP contribution >= 0.6 is 23.4 Å². The Labute approximate surface area is 233 Å². The van der Waals surface area contributed by atoms with Crippen molar-refractivity contribution in [2.75, 3.05) is 26.1 Å². The number of ether oxygens (including phenoxy) is 1. The van der Waals surface area contributed by atoms with Crippen molar-refractivity contribution < 1.29 is 23.8 Å². The molecule has 0 aliphatic heterocycles. The number of aryl methyl sites for hydroxylation is 1. The molecule has 39 heavy (non-hydrogen) atoms. The fourth-order valence-electron chi connectivity index (χ4n) is 3.40. The molecule has 2 aromatic heterocycles. The number of nitrogens with two attached hydrogens (primary N) is 1. The molecule has 2 heterocycles. The van der Waals surface area contributed by atoms with Crippen molar-refractivity contribution in [1.82, 2.24) is 9.97 Å². The van der Waals surface area contributed by atoms with Gasteiger partial charge in [0, 0.05) is 16.9 Å². The summed E-state index contributed by atoms with van der Waals surface area (Å²) in [5.74, 6) is 1.19. The number of nitrogens with zero attached hydrogens (tertiary/aromatic N) is 4. The molecule has 0 atom stereocenters. The van der Waals surface area contributed by atoms with Gasteiger partial charge in [-0.25, -0.2) is 14.4 Å². The average molecular weight is 568 g/mol. The Morgan fingerprint density at radius 1 is 1.05 bits per heavy atom. The highest BCUT2D eigenvalue weighted by Crippen LogP contribution is 2.37. The van der Waals surface area contributed by atoms with Crippen LogP contribution in [-0.4, -0.2) is 40.5 Å². The number of nitriles is 2. The smallest absolute Gasteiger partial charge is 0.226 e. The van der Waals surface area contributed by atoms with Crippen molar-refractivity contribution >= 4 is 29.2 Å². The number of pyridine rings is 1. The van der Waals surface area contributed by atoms with Crippen LogP contribution in [0.3, 0.4) is 0 Å². The molecule has 0 amide bonds. The fourth-order valence-corrected chi connectivity index (χ4v) is 4.51. The second-order valence-corrected chi connectivity index (χ2v) is 9.14. The number of hydrogen-bond acceptors (Lipinski definition) is 10. The summed E-state index contributed by atoms with van der Waals surface area (Å²) in [6.45, 7) is 1.49. The lowest BCUT2D eigenvalue weighted by molar-refractivity contribution is 0.186. The number of oxazole rings is 1. The molecule has 4 N–H and O–H groups in total. The zero-order valence-electron chi connectivity index (χ0n) is 20.9. The Bertz CT molecular complexity index is 1550. The van der Waals surface area contributed by atoms with Crippen LogP contribution in [-0.2, 0) is 5.75 Å². The number of aliphatic hydroxyl groups excluding tert-OH is 2. The summed E-state index contributed by atoms with van der Waals surface area (Å²) in [6, 6.07) is 15.5. The summed E-state index contributed by atoms with van der Waals surface area (Å²) in [5.41, 5.74) is 8.54. The number of nitrogen functional groups attached to an aromatic ring is 1. The van der Waals surface area contributed by atoms with E-state index in [9.17, 15) is 14.9 Å². The minimum Gasteiger partial charge on any atom is -0.497 e. The van der Waals surface area contributed by atoms with E-state index in [-0.39, 0.29) is 41.1 Å². The third-order valence-electron chi connectivity index (χ3n) is 5.30. The van der Waals surface area contributed by atoms with Gasteiger partial charge < -0.3 is 25.1 Å².